The molecule has 0 spiro atoms. The molecule has 1 aromatic heterocycles. The first-order valence-electron chi connectivity index (χ1n) is 6.95. The summed E-state index contributed by atoms with van der Waals surface area (Å²) >= 11 is 0. The monoisotopic (exact) mass is 308 g/mol. The predicted molar refractivity (Wildman–Crippen MR) is 78.9 cm³/mol. The van der Waals surface area contributed by atoms with E-state index in [1.807, 2.05) is 6.07 Å². The number of aromatic nitrogens is 1. The lowest BCUT2D eigenvalue weighted by Gasteiger charge is -2.39. The molecule has 1 atom stereocenters. The average molecular weight is 308 g/mol. The van der Waals surface area contributed by atoms with Crippen molar-refractivity contribution in [2.45, 2.75) is 37.6 Å². The van der Waals surface area contributed by atoms with Crippen LogP contribution in [0, 0.1) is 16.7 Å². The van der Waals surface area contributed by atoms with E-state index in [0.717, 1.165) is 19.4 Å². The average Bonchev–Trinajstić information content (AvgIpc) is 2.45. The number of sulfonamides is 1. The molecule has 0 aliphatic carbocycles. The van der Waals surface area contributed by atoms with Crippen molar-refractivity contribution in [3.05, 3.63) is 24.0 Å². The van der Waals surface area contributed by atoms with Crippen molar-refractivity contribution in [2.75, 3.05) is 13.1 Å². The molecule has 1 aromatic rings. The Morgan fingerprint density at radius 3 is 3.00 bits per heavy atom. The Bertz CT molecular complexity index is 649. The maximum Gasteiger partial charge on any atom is 0.243 e. The van der Waals surface area contributed by atoms with Gasteiger partial charge < -0.3 is 5.32 Å². The van der Waals surface area contributed by atoms with Gasteiger partial charge in [-0.2, -0.15) is 5.26 Å². The molecule has 2 rings (SSSR count). The van der Waals surface area contributed by atoms with Crippen LogP contribution in [0.15, 0.2) is 23.2 Å². The van der Waals surface area contributed by atoms with Crippen LogP contribution in [0.1, 0.15) is 32.4 Å². The molecule has 0 radical (unpaired) electrons. The van der Waals surface area contributed by atoms with Crippen molar-refractivity contribution in [3.8, 4) is 6.07 Å². The molecule has 1 unspecified atom stereocenters. The van der Waals surface area contributed by atoms with Crippen LogP contribution >= 0.6 is 0 Å². The summed E-state index contributed by atoms with van der Waals surface area (Å²) in [6.45, 7) is 5.45. The van der Waals surface area contributed by atoms with E-state index in [1.54, 1.807) is 0 Å². The third-order valence-electron chi connectivity index (χ3n) is 3.98. The molecule has 21 heavy (non-hydrogen) atoms. The van der Waals surface area contributed by atoms with Crippen LogP contribution in [0.5, 0.6) is 0 Å². The van der Waals surface area contributed by atoms with Crippen LogP contribution in [0.3, 0.4) is 0 Å². The third-order valence-corrected chi connectivity index (χ3v) is 5.43. The summed E-state index contributed by atoms with van der Waals surface area (Å²) in [5, 5.41) is 12.3. The van der Waals surface area contributed by atoms with Gasteiger partial charge in [-0.25, -0.2) is 18.1 Å². The van der Waals surface area contributed by atoms with Crippen LogP contribution in [0.25, 0.3) is 0 Å². The van der Waals surface area contributed by atoms with Crippen molar-refractivity contribution in [1.82, 2.24) is 15.0 Å². The maximum atomic E-state index is 12.3. The zero-order valence-electron chi connectivity index (χ0n) is 12.3. The van der Waals surface area contributed by atoms with Crippen molar-refractivity contribution < 1.29 is 8.42 Å². The van der Waals surface area contributed by atoms with E-state index in [2.05, 4.69) is 28.9 Å². The number of pyridine rings is 1. The van der Waals surface area contributed by atoms with Gasteiger partial charge in [-0.1, -0.05) is 13.8 Å². The van der Waals surface area contributed by atoms with Crippen LogP contribution in [-0.4, -0.2) is 32.5 Å². The standard InChI is InChI=1S/C14H20N4O2S/c1-14(2)6-4-8-17-13(14)10-18-21(19,20)12-5-3-7-16-11(12)9-15/h3,5,7,13,17-18H,4,6,8,10H2,1-2H3. The Morgan fingerprint density at radius 2 is 2.33 bits per heavy atom. The van der Waals surface area contributed by atoms with E-state index < -0.39 is 10.0 Å². The van der Waals surface area contributed by atoms with Gasteiger partial charge in [0.15, 0.2) is 5.69 Å². The number of hydrogen-bond donors (Lipinski definition) is 2. The molecule has 0 saturated carbocycles. The second-order valence-electron chi connectivity index (χ2n) is 5.91. The lowest BCUT2D eigenvalue weighted by molar-refractivity contribution is 0.181. The van der Waals surface area contributed by atoms with Crippen LogP contribution in [0.4, 0.5) is 0 Å². The second-order valence-corrected chi connectivity index (χ2v) is 7.65. The molecule has 7 heteroatoms. The highest BCUT2D eigenvalue weighted by Crippen LogP contribution is 2.29. The van der Waals surface area contributed by atoms with Crippen molar-refractivity contribution >= 4 is 10.0 Å². The van der Waals surface area contributed by atoms with Gasteiger partial charge in [-0.05, 0) is 36.9 Å². The normalized spacial score (nSPS) is 21.7. The SMILES string of the molecule is CC1(C)CCCNC1CNS(=O)(=O)c1cccnc1C#N. The molecule has 0 aromatic carbocycles. The first-order chi connectivity index (χ1) is 9.87. The van der Waals surface area contributed by atoms with Gasteiger partial charge >= 0.3 is 0 Å². The second kappa shape index (κ2) is 6.10. The lowest BCUT2D eigenvalue weighted by atomic mass is 9.78. The van der Waals surface area contributed by atoms with E-state index in [1.165, 1.54) is 18.3 Å². The van der Waals surface area contributed by atoms with Gasteiger partial charge in [-0.3, -0.25) is 0 Å². The summed E-state index contributed by atoms with van der Waals surface area (Å²) in [5.74, 6) is 0. The fourth-order valence-corrected chi connectivity index (χ4v) is 3.73. The highest BCUT2D eigenvalue weighted by atomic mass is 32.2. The van der Waals surface area contributed by atoms with E-state index >= 15 is 0 Å². The smallest absolute Gasteiger partial charge is 0.243 e. The topological polar surface area (TPSA) is 94.9 Å². The first kappa shape index (κ1) is 15.9. The Morgan fingerprint density at radius 1 is 1.57 bits per heavy atom. The molecule has 1 fully saturated rings. The minimum absolute atomic E-state index is 0.0355. The summed E-state index contributed by atoms with van der Waals surface area (Å²) in [5.41, 5.74) is -0.0471. The maximum absolute atomic E-state index is 12.3. The summed E-state index contributed by atoms with van der Waals surface area (Å²) < 4.78 is 27.3. The fourth-order valence-electron chi connectivity index (χ4n) is 2.58. The fraction of sp³-hybridized carbons (Fsp3) is 0.571. The van der Waals surface area contributed by atoms with Crippen LogP contribution in [-0.2, 0) is 10.0 Å². The third kappa shape index (κ3) is 3.59. The largest absolute Gasteiger partial charge is 0.312 e. The van der Waals surface area contributed by atoms with Crippen LogP contribution in [0.2, 0.25) is 0 Å². The number of hydrogen-bond acceptors (Lipinski definition) is 5. The van der Waals surface area contributed by atoms with E-state index in [-0.39, 0.29) is 22.0 Å². The molecule has 114 valence electrons. The molecule has 1 aliphatic heterocycles. The molecule has 1 aliphatic rings. The highest BCUT2D eigenvalue weighted by molar-refractivity contribution is 7.89. The quantitative estimate of drug-likeness (QED) is 0.865. The van der Waals surface area contributed by atoms with Crippen molar-refractivity contribution in [2.24, 2.45) is 5.41 Å². The Balaban J connectivity index is 2.13. The first-order valence-corrected chi connectivity index (χ1v) is 8.43. The molecule has 2 heterocycles. The van der Waals surface area contributed by atoms with Gasteiger partial charge in [0, 0.05) is 18.8 Å². The summed E-state index contributed by atoms with van der Waals surface area (Å²) in [6.07, 6.45) is 3.56. The van der Waals surface area contributed by atoms with Gasteiger partial charge in [0.1, 0.15) is 11.0 Å². The molecular formula is C14H20N4O2S. The lowest BCUT2D eigenvalue weighted by Crippen LogP contribution is -2.52. The number of rotatable bonds is 4. The highest BCUT2D eigenvalue weighted by Gasteiger charge is 2.33. The summed E-state index contributed by atoms with van der Waals surface area (Å²) in [4.78, 5) is 3.72. The predicted octanol–water partition coefficient (Wildman–Crippen LogP) is 1.01. The molecule has 0 bridgehead atoms. The molecular weight excluding hydrogens is 288 g/mol. The van der Waals surface area contributed by atoms with Gasteiger partial charge in [0.2, 0.25) is 10.0 Å². The Hall–Kier alpha value is -1.49. The van der Waals surface area contributed by atoms with Crippen molar-refractivity contribution in [1.29, 1.82) is 5.26 Å². The van der Waals surface area contributed by atoms with Crippen LogP contribution < -0.4 is 10.0 Å². The molecule has 0 amide bonds. The summed E-state index contributed by atoms with van der Waals surface area (Å²) in [6, 6.07) is 4.79. The molecule has 1 saturated heterocycles. The van der Waals surface area contributed by atoms with Crippen molar-refractivity contribution in [3.63, 3.8) is 0 Å². The molecule has 2 N–H and O–H groups in total. The van der Waals surface area contributed by atoms with Gasteiger partial charge in [-0.15, -0.1) is 0 Å². The Kier molecular flexibility index (Phi) is 4.61. The van der Waals surface area contributed by atoms with E-state index in [4.69, 9.17) is 5.26 Å². The molecule has 6 nitrogen and oxygen atoms in total. The Labute approximate surface area is 125 Å². The number of nitrogens with zero attached hydrogens (tertiary/aromatic N) is 2. The van der Waals surface area contributed by atoms with E-state index in [0.29, 0.717) is 6.54 Å². The summed E-state index contributed by atoms with van der Waals surface area (Å²) in [7, 11) is -3.73. The zero-order chi connectivity index (χ0) is 15.5. The van der Waals surface area contributed by atoms with E-state index in [9.17, 15) is 8.42 Å². The number of nitrogens with one attached hydrogen (secondary N) is 2. The van der Waals surface area contributed by atoms with Gasteiger partial charge in [0.25, 0.3) is 0 Å². The number of nitriles is 1. The zero-order valence-corrected chi connectivity index (χ0v) is 13.1. The minimum atomic E-state index is -3.73. The van der Waals surface area contributed by atoms with Gasteiger partial charge in [0.05, 0.1) is 0 Å². The minimum Gasteiger partial charge on any atom is -0.312 e. The number of piperidine rings is 1.